The number of carboxylic acids is 1. The molecule has 1 aromatic heterocycles. The van der Waals surface area contributed by atoms with E-state index in [-0.39, 0.29) is 6.42 Å². The molecule has 4 heteroatoms. The zero-order chi connectivity index (χ0) is 20.2. The van der Waals surface area contributed by atoms with Gasteiger partial charge in [0.15, 0.2) is 0 Å². The number of benzene rings is 3. The number of nitrogens with zero attached hydrogens (tertiary/aromatic N) is 1. The smallest absolute Gasteiger partial charge is 0.307 e. The first-order valence-electron chi connectivity index (χ1n) is 9.24. The molecule has 0 aliphatic carbocycles. The Morgan fingerprint density at radius 2 is 1.59 bits per heavy atom. The normalized spacial score (nSPS) is 11.2. The molecule has 0 unspecified atom stereocenters. The molecule has 0 aliphatic heterocycles. The van der Waals surface area contributed by atoms with E-state index >= 15 is 0 Å². The van der Waals surface area contributed by atoms with Crippen LogP contribution in [0.2, 0.25) is 5.02 Å². The molecule has 0 aliphatic rings. The number of rotatable bonds is 5. The average Bonchev–Trinajstić information content (AvgIpc) is 2.73. The zero-order valence-electron chi connectivity index (χ0n) is 15.5. The first-order chi connectivity index (χ1) is 14.1. The number of hydrogen-bond acceptors (Lipinski definition) is 2. The van der Waals surface area contributed by atoms with Crippen LogP contribution < -0.4 is 0 Å². The first kappa shape index (κ1) is 18.9. The van der Waals surface area contributed by atoms with Gasteiger partial charge in [-0.2, -0.15) is 0 Å². The zero-order valence-corrected chi connectivity index (χ0v) is 16.3. The van der Waals surface area contributed by atoms with E-state index in [2.05, 4.69) is 0 Å². The van der Waals surface area contributed by atoms with Gasteiger partial charge in [0, 0.05) is 10.4 Å². The molecule has 0 amide bonds. The van der Waals surface area contributed by atoms with Crippen LogP contribution in [0.15, 0.2) is 78.9 Å². The fraction of sp³-hybridized carbons (Fsp3) is 0.0400. The Bertz CT molecular complexity index is 1200. The van der Waals surface area contributed by atoms with Crippen LogP contribution in [0.3, 0.4) is 0 Å². The molecule has 0 radical (unpaired) electrons. The predicted octanol–water partition coefficient (Wildman–Crippen LogP) is 6.35. The highest BCUT2D eigenvalue weighted by Crippen LogP contribution is 2.34. The van der Waals surface area contributed by atoms with Crippen LogP contribution in [-0.4, -0.2) is 16.1 Å². The lowest BCUT2D eigenvalue weighted by Gasteiger charge is -2.15. The maximum absolute atomic E-state index is 11.7. The highest BCUT2D eigenvalue weighted by molar-refractivity contribution is 6.30. The summed E-state index contributed by atoms with van der Waals surface area (Å²) in [5.41, 5.74) is 5.04. The minimum Gasteiger partial charge on any atom is -0.481 e. The van der Waals surface area contributed by atoms with Crippen LogP contribution in [0.1, 0.15) is 16.8 Å². The first-order valence-corrected chi connectivity index (χ1v) is 9.62. The molecule has 29 heavy (non-hydrogen) atoms. The molecule has 0 atom stereocenters. The van der Waals surface area contributed by atoms with Crippen LogP contribution in [-0.2, 0) is 11.2 Å². The van der Waals surface area contributed by atoms with E-state index in [1.165, 1.54) is 0 Å². The molecule has 1 heterocycles. The number of carboxylic acid groups (broad SMARTS) is 1. The van der Waals surface area contributed by atoms with E-state index in [9.17, 15) is 9.90 Å². The van der Waals surface area contributed by atoms with Gasteiger partial charge in [0.25, 0.3) is 0 Å². The summed E-state index contributed by atoms with van der Waals surface area (Å²) in [7, 11) is 0. The average molecular weight is 400 g/mol. The fourth-order valence-electron chi connectivity index (χ4n) is 3.42. The standard InChI is InChI=1S/C25H18ClNO2/c26-19-13-10-17(11-14-19)12-15-23-21(16-24(28)29)25(18-6-2-1-3-7-18)20-8-4-5-9-22(20)27-23/h1-15H,16H2,(H,28,29)/b15-12+. The van der Waals surface area contributed by atoms with Gasteiger partial charge in [0.1, 0.15) is 0 Å². The second-order valence-electron chi connectivity index (χ2n) is 6.69. The minimum absolute atomic E-state index is 0.109. The molecule has 0 spiro atoms. The Balaban J connectivity index is 1.95. The van der Waals surface area contributed by atoms with Gasteiger partial charge < -0.3 is 5.11 Å². The number of para-hydroxylation sites is 1. The largest absolute Gasteiger partial charge is 0.481 e. The van der Waals surface area contributed by atoms with Crippen LogP contribution in [0.25, 0.3) is 34.2 Å². The van der Waals surface area contributed by atoms with Gasteiger partial charge in [-0.25, -0.2) is 4.98 Å². The summed E-state index contributed by atoms with van der Waals surface area (Å²) in [6.45, 7) is 0. The SMILES string of the molecule is O=C(O)Cc1c(/C=C/c2ccc(Cl)cc2)nc2ccccc2c1-c1ccccc1. The quantitative estimate of drug-likeness (QED) is 0.425. The summed E-state index contributed by atoms with van der Waals surface area (Å²) in [5, 5.41) is 11.2. The van der Waals surface area contributed by atoms with E-state index in [1.807, 2.05) is 91.0 Å². The van der Waals surface area contributed by atoms with E-state index in [0.717, 1.165) is 27.6 Å². The third-order valence-electron chi connectivity index (χ3n) is 4.72. The van der Waals surface area contributed by atoms with E-state index in [0.29, 0.717) is 16.3 Å². The lowest BCUT2D eigenvalue weighted by Crippen LogP contribution is -2.06. The molecular weight excluding hydrogens is 382 g/mol. The van der Waals surface area contributed by atoms with Crippen molar-refractivity contribution in [2.45, 2.75) is 6.42 Å². The van der Waals surface area contributed by atoms with Crippen LogP contribution in [0, 0.1) is 0 Å². The number of halogens is 1. The number of aromatic nitrogens is 1. The summed E-state index contributed by atoms with van der Waals surface area (Å²) < 4.78 is 0. The molecule has 0 bridgehead atoms. The van der Waals surface area contributed by atoms with Crippen molar-refractivity contribution in [2.75, 3.05) is 0 Å². The van der Waals surface area contributed by atoms with E-state index in [4.69, 9.17) is 16.6 Å². The second-order valence-corrected chi connectivity index (χ2v) is 7.13. The number of carbonyl (C=O) groups is 1. The topological polar surface area (TPSA) is 50.2 Å². The third-order valence-corrected chi connectivity index (χ3v) is 4.97. The summed E-state index contributed by atoms with van der Waals surface area (Å²) in [6.07, 6.45) is 3.69. The van der Waals surface area contributed by atoms with E-state index in [1.54, 1.807) is 0 Å². The van der Waals surface area contributed by atoms with Crippen molar-refractivity contribution in [3.8, 4) is 11.1 Å². The monoisotopic (exact) mass is 399 g/mol. The van der Waals surface area contributed by atoms with Crippen molar-refractivity contribution in [2.24, 2.45) is 0 Å². The van der Waals surface area contributed by atoms with Gasteiger partial charge in [-0.3, -0.25) is 4.79 Å². The molecular formula is C25H18ClNO2. The van der Waals surface area contributed by atoms with Gasteiger partial charge in [0.2, 0.25) is 0 Å². The number of pyridine rings is 1. The molecule has 142 valence electrons. The maximum atomic E-state index is 11.7. The van der Waals surface area contributed by atoms with Gasteiger partial charge >= 0.3 is 5.97 Å². The minimum atomic E-state index is -0.889. The molecule has 0 saturated carbocycles. The summed E-state index contributed by atoms with van der Waals surface area (Å²) >= 11 is 5.96. The third kappa shape index (κ3) is 4.20. The molecule has 0 saturated heterocycles. The number of aliphatic carboxylic acids is 1. The summed E-state index contributed by atoms with van der Waals surface area (Å²) in [4.78, 5) is 16.5. The van der Waals surface area contributed by atoms with Crippen LogP contribution >= 0.6 is 11.6 Å². The summed E-state index contributed by atoms with van der Waals surface area (Å²) in [6, 6.07) is 25.2. The van der Waals surface area contributed by atoms with Gasteiger partial charge in [-0.1, -0.05) is 78.3 Å². The van der Waals surface area contributed by atoms with Gasteiger partial charge in [-0.05, 0) is 46.5 Å². The number of hydrogen-bond donors (Lipinski definition) is 1. The predicted molar refractivity (Wildman–Crippen MR) is 119 cm³/mol. The van der Waals surface area contributed by atoms with Crippen molar-refractivity contribution in [1.29, 1.82) is 0 Å². The summed E-state index contributed by atoms with van der Waals surface area (Å²) in [5.74, 6) is -0.889. The number of fused-ring (bicyclic) bond motifs is 1. The highest BCUT2D eigenvalue weighted by Gasteiger charge is 2.17. The lowest BCUT2D eigenvalue weighted by atomic mass is 9.92. The van der Waals surface area contributed by atoms with Crippen LogP contribution in [0.5, 0.6) is 0 Å². The Hall–Kier alpha value is -3.43. The van der Waals surface area contributed by atoms with Crippen LogP contribution in [0.4, 0.5) is 0 Å². The van der Waals surface area contributed by atoms with Crippen molar-refractivity contribution in [3.63, 3.8) is 0 Å². The molecule has 4 rings (SSSR count). The Kier molecular flexibility index (Phi) is 5.41. The lowest BCUT2D eigenvalue weighted by molar-refractivity contribution is -0.136. The van der Waals surface area contributed by atoms with Crippen molar-refractivity contribution in [1.82, 2.24) is 4.98 Å². The van der Waals surface area contributed by atoms with Crippen molar-refractivity contribution in [3.05, 3.63) is 101 Å². The molecule has 3 nitrogen and oxygen atoms in total. The maximum Gasteiger partial charge on any atom is 0.307 e. The fourth-order valence-corrected chi connectivity index (χ4v) is 3.55. The molecule has 1 N–H and O–H groups in total. The molecule has 4 aromatic rings. The van der Waals surface area contributed by atoms with Gasteiger partial charge in [-0.15, -0.1) is 0 Å². The van der Waals surface area contributed by atoms with Gasteiger partial charge in [0.05, 0.1) is 17.6 Å². The second kappa shape index (κ2) is 8.29. The highest BCUT2D eigenvalue weighted by atomic mass is 35.5. The van der Waals surface area contributed by atoms with Crippen molar-refractivity contribution < 1.29 is 9.90 Å². The Morgan fingerprint density at radius 1 is 0.897 bits per heavy atom. The Morgan fingerprint density at radius 3 is 2.31 bits per heavy atom. The Labute approximate surface area is 173 Å². The molecule has 3 aromatic carbocycles. The van der Waals surface area contributed by atoms with Crippen molar-refractivity contribution >= 4 is 40.6 Å². The van der Waals surface area contributed by atoms with E-state index < -0.39 is 5.97 Å². The molecule has 0 fully saturated rings.